The third-order valence-corrected chi connectivity index (χ3v) is 11.2. The molecule has 0 fully saturated rings. The van der Waals surface area contributed by atoms with Crippen molar-refractivity contribution >= 4 is 50.1 Å². The highest BCUT2D eigenvalue weighted by Crippen LogP contribution is 2.52. The predicted molar refractivity (Wildman–Crippen MR) is 228 cm³/mol. The largest absolute Gasteiger partial charge is 0.451 e. The average Bonchev–Trinajstić information content (AvgIpc) is 3.97. The van der Waals surface area contributed by atoms with E-state index < -0.39 is 5.97 Å². The Balaban J connectivity index is 1.17. The lowest BCUT2D eigenvalue weighted by atomic mass is 9.85. The van der Waals surface area contributed by atoms with Gasteiger partial charge in [-0.2, -0.15) is 0 Å². The van der Waals surface area contributed by atoms with Crippen LogP contribution in [0.15, 0.2) is 169 Å². The number of rotatable bonds is 6. The lowest BCUT2D eigenvalue weighted by Crippen LogP contribution is -2.10. The molecule has 1 aliphatic rings. The monoisotopic (exact) mass is 776 g/mol. The minimum Gasteiger partial charge on any atom is -0.451 e. The normalized spacial score (nSPS) is 13.2. The molecule has 1 atom stereocenters. The van der Waals surface area contributed by atoms with Gasteiger partial charge in [0.1, 0.15) is 40.0 Å². The zero-order valence-corrected chi connectivity index (χ0v) is 31.5. The van der Waals surface area contributed by atoms with Crippen molar-refractivity contribution in [2.24, 2.45) is 0 Å². The number of hydrogen-bond donors (Lipinski definition) is 0. The number of esters is 1. The molecular formula is C49H28N8O3. The molecular weight excluding hydrogens is 749 g/mol. The lowest BCUT2D eigenvalue weighted by Gasteiger charge is -2.18. The van der Waals surface area contributed by atoms with Crippen LogP contribution < -0.4 is 4.74 Å². The quantitative estimate of drug-likeness (QED) is 0.119. The second kappa shape index (κ2) is 13.3. The maximum Gasteiger partial charge on any atom is 0.347 e. The van der Waals surface area contributed by atoms with Crippen molar-refractivity contribution in [2.45, 2.75) is 5.92 Å². The fraction of sp³-hybridized carbons (Fsp3) is 0.0204. The fourth-order valence-corrected chi connectivity index (χ4v) is 8.69. The summed E-state index contributed by atoms with van der Waals surface area (Å²) in [4.78, 5) is 48.1. The van der Waals surface area contributed by atoms with Gasteiger partial charge in [-0.05, 0) is 70.8 Å². The summed E-state index contributed by atoms with van der Waals surface area (Å²) in [6.07, 6.45) is 14.4. The molecule has 0 saturated carbocycles. The molecule has 0 N–H and O–H groups in total. The van der Waals surface area contributed by atoms with Crippen LogP contribution in [0.5, 0.6) is 5.75 Å². The van der Waals surface area contributed by atoms with Crippen molar-refractivity contribution in [3.8, 4) is 45.1 Å². The third kappa shape index (κ3) is 5.09. The SMILES string of the molecule is O=C(Oc1ccccc1)c1cc(-c2ncnc3c2c2cnccc2n3-c2ccccc2)nc2c1oc1c(C3c4ccncc4-c4ccncc43)c(-c3ccccc3)cnc12. The summed E-state index contributed by atoms with van der Waals surface area (Å²) in [6.45, 7) is 0. The van der Waals surface area contributed by atoms with E-state index in [1.165, 1.54) is 6.33 Å². The molecule has 8 heterocycles. The molecule has 0 radical (unpaired) electrons. The Labute approximate surface area is 340 Å². The molecule has 282 valence electrons. The summed E-state index contributed by atoms with van der Waals surface area (Å²) in [7, 11) is 0. The molecule has 0 saturated heterocycles. The highest BCUT2D eigenvalue weighted by molar-refractivity contribution is 6.15. The molecule has 12 rings (SSSR count). The van der Waals surface area contributed by atoms with Gasteiger partial charge in [-0.3, -0.25) is 19.5 Å². The number of pyridine rings is 5. The van der Waals surface area contributed by atoms with E-state index >= 15 is 0 Å². The van der Waals surface area contributed by atoms with E-state index in [9.17, 15) is 4.79 Å². The van der Waals surface area contributed by atoms with Crippen molar-refractivity contribution in [2.75, 3.05) is 0 Å². The molecule has 60 heavy (non-hydrogen) atoms. The van der Waals surface area contributed by atoms with Gasteiger partial charge in [-0.1, -0.05) is 66.7 Å². The van der Waals surface area contributed by atoms with E-state index in [2.05, 4.69) is 31.7 Å². The topological polar surface area (TPSA) is 135 Å². The molecule has 0 amide bonds. The number of carbonyl (C=O) groups is 1. The number of fused-ring (bicyclic) bond motifs is 9. The van der Waals surface area contributed by atoms with Gasteiger partial charge in [0.05, 0.1) is 16.6 Å². The first-order chi connectivity index (χ1) is 29.7. The lowest BCUT2D eigenvalue weighted by molar-refractivity contribution is 0.0735. The molecule has 0 bridgehead atoms. The second-order valence-electron chi connectivity index (χ2n) is 14.5. The van der Waals surface area contributed by atoms with E-state index in [0.29, 0.717) is 39.4 Å². The number of nitrogens with zero attached hydrogens (tertiary/aromatic N) is 8. The number of para-hydroxylation sites is 2. The van der Waals surface area contributed by atoms with Gasteiger partial charge in [-0.25, -0.2) is 24.7 Å². The number of ether oxygens (including phenoxy) is 1. The summed E-state index contributed by atoms with van der Waals surface area (Å²) in [5.74, 6) is -0.536. The van der Waals surface area contributed by atoms with E-state index in [4.69, 9.17) is 29.1 Å². The van der Waals surface area contributed by atoms with Gasteiger partial charge < -0.3 is 9.15 Å². The molecule has 11 aromatic rings. The molecule has 0 spiro atoms. The van der Waals surface area contributed by atoms with Crippen LogP contribution in [-0.4, -0.2) is 45.4 Å². The third-order valence-electron chi connectivity index (χ3n) is 11.2. The van der Waals surface area contributed by atoms with Crippen molar-refractivity contribution < 1.29 is 13.9 Å². The maximum atomic E-state index is 14.5. The van der Waals surface area contributed by atoms with Crippen molar-refractivity contribution in [1.82, 2.24) is 39.5 Å². The molecule has 8 aromatic heterocycles. The van der Waals surface area contributed by atoms with Gasteiger partial charge in [0.15, 0.2) is 11.2 Å². The summed E-state index contributed by atoms with van der Waals surface area (Å²) < 4.78 is 15.1. The van der Waals surface area contributed by atoms with Crippen LogP contribution >= 0.6 is 0 Å². The first kappa shape index (κ1) is 33.7. The van der Waals surface area contributed by atoms with E-state index in [1.54, 1.807) is 36.8 Å². The highest BCUT2D eigenvalue weighted by Gasteiger charge is 2.36. The minimum absolute atomic E-state index is 0.166. The number of furan rings is 1. The minimum atomic E-state index is -0.621. The molecule has 0 aliphatic heterocycles. The van der Waals surface area contributed by atoms with Crippen LogP contribution in [0.1, 0.15) is 33.0 Å². The maximum absolute atomic E-state index is 14.5. The fourth-order valence-electron chi connectivity index (χ4n) is 8.69. The van der Waals surface area contributed by atoms with Gasteiger partial charge >= 0.3 is 5.97 Å². The van der Waals surface area contributed by atoms with Gasteiger partial charge in [-0.15, -0.1) is 0 Å². The summed E-state index contributed by atoms with van der Waals surface area (Å²) in [5.41, 5.74) is 12.0. The smallest absolute Gasteiger partial charge is 0.347 e. The van der Waals surface area contributed by atoms with E-state index in [1.807, 2.05) is 110 Å². The van der Waals surface area contributed by atoms with E-state index in [0.717, 1.165) is 60.9 Å². The molecule has 3 aromatic carbocycles. The van der Waals surface area contributed by atoms with Crippen LogP contribution in [0, 0.1) is 0 Å². The molecule has 1 unspecified atom stereocenters. The van der Waals surface area contributed by atoms with Gasteiger partial charge in [0.2, 0.25) is 0 Å². The predicted octanol–water partition coefficient (Wildman–Crippen LogP) is 10.2. The van der Waals surface area contributed by atoms with Gasteiger partial charge in [0.25, 0.3) is 0 Å². The van der Waals surface area contributed by atoms with Crippen molar-refractivity contribution in [3.63, 3.8) is 0 Å². The summed E-state index contributed by atoms with van der Waals surface area (Å²) in [6, 6.07) is 36.8. The number of hydrogen-bond acceptors (Lipinski definition) is 10. The zero-order chi connectivity index (χ0) is 39.7. The van der Waals surface area contributed by atoms with E-state index in [-0.39, 0.29) is 17.1 Å². The number of carbonyl (C=O) groups excluding carboxylic acids is 1. The Morgan fingerprint density at radius 3 is 2.25 bits per heavy atom. The van der Waals surface area contributed by atoms with Crippen LogP contribution in [0.4, 0.5) is 0 Å². The summed E-state index contributed by atoms with van der Waals surface area (Å²) in [5, 5.41) is 1.56. The molecule has 11 heteroatoms. The Kier molecular flexibility index (Phi) is 7.48. The molecule has 11 nitrogen and oxygen atoms in total. The van der Waals surface area contributed by atoms with Crippen LogP contribution in [0.3, 0.4) is 0 Å². The Hall–Kier alpha value is -8.44. The first-order valence-electron chi connectivity index (χ1n) is 19.3. The highest BCUT2D eigenvalue weighted by atomic mass is 16.5. The first-order valence-corrected chi connectivity index (χ1v) is 19.3. The number of benzene rings is 3. The Morgan fingerprint density at radius 1 is 0.650 bits per heavy atom. The van der Waals surface area contributed by atoms with Crippen LogP contribution in [0.2, 0.25) is 0 Å². The van der Waals surface area contributed by atoms with Crippen LogP contribution in [-0.2, 0) is 0 Å². The summed E-state index contributed by atoms with van der Waals surface area (Å²) >= 11 is 0. The van der Waals surface area contributed by atoms with Crippen molar-refractivity contribution in [3.05, 3.63) is 187 Å². The second-order valence-corrected chi connectivity index (χ2v) is 14.5. The average molecular weight is 777 g/mol. The number of aromatic nitrogens is 8. The zero-order valence-electron chi connectivity index (χ0n) is 31.5. The van der Waals surface area contributed by atoms with Crippen LogP contribution in [0.25, 0.3) is 83.5 Å². The Bertz CT molecular complexity index is 3450. The van der Waals surface area contributed by atoms with Crippen molar-refractivity contribution in [1.29, 1.82) is 0 Å². The molecule has 1 aliphatic carbocycles. The van der Waals surface area contributed by atoms with Gasteiger partial charge in [0, 0.05) is 77.1 Å². The standard InChI is InChI=1S/C49H28N8O3/c58-49(59-30-14-8-3-9-15-30)33-22-38(43-42-37-25-52-21-18-39(37)57(48(42)55-27-54-43)29-12-6-2-7-13-29)56-45-44-47(60-46(33)45)41(34(26-53-44)28-10-4-1-5-11-28)40-32-17-20-50-23-35(32)31-16-19-51-24-36(31)40/h1-27,40H. The Morgan fingerprint density at radius 2 is 1.40 bits per heavy atom.